The first-order valence-electron chi connectivity index (χ1n) is 8.35. The molecule has 1 aliphatic rings. The molecule has 1 atom stereocenters. The minimum Gasteiger partial charge on any atom is -0.493 e. The van der Waals surface area contributed by atoms with Crippen molar-refractivity contribution in [2.75, 3.05) is 33.9 Å². The summed E-state index contributed by atoms with van der Waals surface area (Å²) < 4.78 is 10.8. The Kier molecular flexibility index (Phi) is 6.52. The van der Waals surface area contributed by atoms with Crippen LogP contribution in [0.4, 0.5) is 0 Å². The van der Waals surface area contributed by atoms with E-state index >= 15 is 0 Å². The number of likely N-dealkylation sites (tertiary alicyclic amines) is 1. The Hall–Kier alpha value is -1.26. The first-order chi connectivity index (χ1) is 10.7. The molecule has 0 radical (unpaired) electrons. The molecule has 1 fully saturated rings. The molecule has 0 spiro atoms. The Morgan fingerprint density at radius 1 is 1.05 bits per heavy atom. The molecule has 0 bridgehead atoms. The van der Waals surface area contributed by atoms with Crippen LogP contribution in [-0.4, -0.2) is 44.8 Å². The first kappa shape index (κ1) is 17.1. The first-order valence-corrected chi connectivity index (χ1v) is 8.35. The third kappa shape index (κ3) is 4.37. The lowest BCUT2D eigenvalue weighted by atomic mass is 10.0. The van der Waals surface area contributed by atoms with E-state index in [1.165, 1.54) is 37.9 Å². The van der Waals surface area contributed by atoms with Crippen molar-refractivity contribution in [1.29, 1.82) is 0 Å². The molecule has 124 valence electrons. The molecular formula is C18H30N2O2. The van der Waals surface area contributed by atoms with Crippen molar-refractivity contribution in [1.82, 2.24) is 10.2 Å². The lowest BCUT2D eigenvalue weighted by Crippen LogP contribution is -2.40. The van der Waals surface area contributed by atoms with Gasteiger partial charge in [0, 0.05) is 18.6 Å². The molecule has 1 aromatic carbocycles. The van der Waals surface area contributed by atoms with Gasteiger partial charge in [-0.15, -0.1) is 0 Å². The Morgan fingerprint density at radius 3 is 2.32 bits per heavy atom. The number of rotatable bonds is 7. The van der Waals surface area contributed by atoms with E-state index in [2.05, 4.69) is 36.2 Å². The molecule has 1 saturated heterocycles. The molecular weight excluding hydrogens is 276 g/mol. The Morgan fingerprint density at radius 2 is 1.73 bits per heavy atom. The van der Waals surface area contributed by atoms with Crippen LogP contribution in [0, 0.1) is 0 Å². The molecule has 22 heavy (non-hydrogen) atoms. The van der Waals surface area contributed by atoms with Crippen molar-refractivity contribution in [3.63, 3.8) is 0 Å². The lowest BCUT2D eigenvalue weighted by Gasteiger charge is -2.35. The van der Waals surface area contributed by atoms with Gasteiger partial charge in [0.05, 0.1) is 14.2 Å². The van der Waals surface area contributed by atoms with Crippen molar-refractivity contribution < 1.29 is 9.47 Å². The number of methoxy groups -OCH3 is 2. The molecule has 0 amide bonds. The smallest absolute Gasteiger partial charge is 0.161 e. The maximum atomic E-state index is 5.48. The van der Waals surface area contributed by atoms with E-state index in [1.54, 1.807) is 14.2 Å². The monoisotopic (exact) mass is 306 g/mol. The van der Waals surface area contributed by atoms with Gasteiger partial charge in [0.2, 0.25) is 0 Å². The van der Waals surface area contributed by atoms with Crippen LogP contribution in [0.1, 0.15) is 44.7 Å². The summed E-state index contributed by atoms with van der Waals surface area (Å²) in [4.78, 5) is 2.60. The lowest BCUT2D eigenvalue weighted by molar-refractivity contribution is 0.158. The zero-order chi connectivity index (χ0) is 15.9. The summed E-state index contributed by atoms with van der Waals surface area (Å²) in [6, 6.07) is 7.19. The van der Waals surface area contributed by atoms with E-state index in [0.717, 1.165) is 18.0 Å². The van der Waals surface area contributed by atoms with Crippen molar-refractivity contribution in [3.8, 4) is 11.5 Å². The van der Waals surface area contributed by atoms with Crippen molar-refractivity contribution in [2.45, 2.75) is 45.2 Å². The van der Waals surface area contributed by atoms with Crippen LogP contribution in [0.2, 0.25) is 0 Å². The third-order valence-electron chi connectivity index (χ3n) is 4.34. The average molecular weight is 306 g/mol. The van der Waals surface area contributed by atoms with Crippen molar-refractivity contribution in [2.24, 2.45) is 0 Å². The second-order valence-electron chi connectivity index (χ2n) is 6.29. The fraction of sp³-hybridized carbons (Fsp3) is 0.667. The minimum absolute atomic E-state index is 0.391. The average Bonchev–Trinajstić information content (AvgIpc) is 2.55. The van der Waals surface area contributed by atoms with Gasteiger partial charge in [-0.2, -0.15) is 0 Å². The Bertz CT molecular complexity index is 456. The van der Waals surface area contributed by atoms with Gasteiger partial charge in [-0.3, -0.25) is 4.90 Å². The van der Waals surface area contributed by atoms with Gasteiger partial charge in [-0.25, -0.2) is 0 Å². The summed E-state index contributed by atoms with van der Waals surface area (Å²) in [6.07, 6.45) is 3.95. The van der Waals surface area contributed by atoms with Crippen LogP contribution in [0.3, 0.4) is 0 Å². The van der Waals surface area contributed by atoms with Gasteiger partial charge < -0.3 is 14.8 Å². The quantitative estimate of drug-likeness (QED) is 0.838. The van der Waals surface area contributed by atoms with E-state index < -0.39 is 0 Å². The minimum atomic E-state index is 0.391. The highest BCUT2D eigenvalue weighted by Gasteiger charge is 2.23. The van der Waals surface area contributed by atoms with Gasteiger partial charge in [-0.1, -0.05) is 26.3 Å². The molecule has 1 aromatic rings. The Balaban J connectivity index is 2.22. The summed E-state index contributed by atoms with van der Waals surface area (Å²) >= 11 is 0. The van der Waals surface area contributed by atoms with E-state index in [0.29, 0.717) is 12.1 Å². The molecule has 1 unspecified atom stereocenters. The van der Waals surface area contributed by atoms with E-state index in [1.807, 2.05) is 6.07 Å². The van der Waals surface area contributed by atoms with E-state index in [-0.39, 0.29) is 0 Å². The number of benzene rings is 1. The van der Waals surface area contributed by atoms with E-state index in [9.17, 15) is 0 Å². The van der Waals surface area contributed by atoms with Crippen LogP contribution in [0.25, 0.3) is 0 Å². The van der Waals surface area contributed by atoms with Crippen LogP contribution < -0.4 is 14.8 Å². The largest absolute Gasteiger partial charge is 0.493 e. The number of piperidine rings is 1. The van der Waals surface area contributed by atoms with Gasteiger partial charge >= 0.3 is 0 Å². The zero-order valence-corrected chi connectivity index (χ0v) is 14.4. The maximum absolute atomic E-state index is 5.48. The van der Waals surface area contributed by atoms with Gasteiger partial charge in [0.15, 0.2) is 11.5 Å². The van der Waals surface area contributed by atoms with Crippen LogP contribution in [0.15, 0.2) is 18.2 Å². The molecule has 0 saturated carbocycles. The highest BCUT2D eigenvalue weighted by atomic mass is 16.5. The molecule has 4 heteroatoms. The summed E-state index contributed by atoms with van der Waals surface area (Å²) in [5, 5.41) is 3.59. The number of ether oxygens (including phenoxy) is 2. The van der Waals surface area contributed by atoms with Gasteiger partial charge in [-0.05, 0) is 43.6 Å². The number of hydrogen-bond donors (Lipinski definition) is 1. The zero-order valence-electron chi connectivity index (χ0n) is 14.4. The predicted octanol–water partition coefficient (Wildman–Crippen LogP) is 3.23. The van der Waals surface area contributed by atoms with Crippen molar-refractivity contribution >= 4 is 0 Å². The van der Waals surface area contributed by atoms with Crippen LogP contribution in [0.5, 0.6) is 11.5 Å². The van der Waals surface area contributed by atoms with Crippen molar-refractivity contribution in [3.05, 3.63) is 23.8 Å². The number of nitrogens with zero attached hydrogens (tertiary/aromatic N) is 1. The molecule has 0 aliphatic carbocycles. The third-order valence-corrected chi connectivity index (χ3v) is 4.34. The molecule has 2 rings (SSSR count). The molecule has 1 aliphatic heterocycles. The van der Waals surface area contributed by atoms with E-state index in [4.69, 9.17) is 9.47 Å². The number of hydrogen-bond acceptors (Lipinski definition) is 4. The molecule has 1 heterocycles. The predicted molar refractivity (Wildman–Crippen MR) is 90.8 cm³/mol. The second kappa shape index (κ2) is 8.39. The summed E-state index contributed by atoms with van der Waals surface area (Å²) in [7, 11) is 3.38. The summed E-state index contributed by atoms with van der Waals surface area (Å²) in [5.41, 5.74) is 1.30. The SMILES string of the molecule is COc1ccc(C(CNC(C)C)N2CCCCC2)cc1OC. The van der Waals surface area contributed by atoms with Crippen LogP contribution >= 0.6 is 0 Å². The summed E-state index contributed by atoms with van der Waals surface area (Å²) in [6.45, 7) is 7.72. The second-order valence-corrected chi connectivity index (χ2v) is 6.29. The molecule has 0 aromatic heterocycles. The Labute approximate surface area is 134 Å². The normalized spacial score (nSPS) is 17.5. The maximum Gasteiger partial charge on any atom is 0.161 e. The van der Waals surface area contributed by atoms with Gasteiger partial charge in [0.25, 0.3) is 0 Å². The van der Waals surface area contributed by atoms with Gasteiger partial charge in [0.1, 0.15) is 0 Å². The fourth-order valence-corrected chi connectivity index (χ4v) is 3.10. The number of nitrogens with one attached hydrogen (secondary N) is 1. The molecule has 1 N–H and O–H groups in total. The highest BCUT2D eigenvalue weighted by molar-refractivity contribution is 5.44. The molecule has 4 nitrogen and oxygen atoms in total. The standard InChI is InChI=1S/C18H30N2O2/c1-14(2)19-13-16(20-10-6-5-7-11-20)15-8-9-17(21-3)18(12-15)22-4/h8-9,12,14,16,19H,5-7,10-11,13H2,1-4H3. The van der Waals surface area contributed by atoms with Crippen LogP contribution in [-0.2, 0) is 0 Å². The summed E-state index contributed by atoms with van der Waals surface area (Å²) in [5.74, 6) is 1.60. The highest BCUT2D eigenvalue weighted by Crippen LogP contribution is 2.32. The fourth-order valence-electron chi connectivity index (χ4n) is 3.10. The topological polar surface area (TPSA) is 33.7 Å².